The quantitative estimate of drug-likeness (QED) is 0.841. The zero-order valence-corrected chi connectivity index (χ0v) is 12.2. The molecule has 3 nitrogen and oxygen atoms in total. The summed E-state index contributed by atoms with van der Waals surface area (Å²) in [7, 11) is 1.56. The van der Waals surface area contributed by atoms with Crippen LogP contribution in [0.15, 0.2) is 41.3 Å². The van der Waals surface area contributed by atoms with Crippen molar-refractivity contribution in [1.82, 2.24) is 0 Å². The van der Waals surface area contributed by atoms with Crippen molar-refractivity contribution in [3.8, 4) is 17.2 Å². The van der Waals surface area contributed by atoms with Gasteiger partial charge in [0.1, 0.15) is 0 Å². The molecule has 5 heteroatoms. The van der Waals surface area contributed by atoms with Gasteiger partial charge in [-0.25, -0.2) is 4.39 Å². The Morgan fingerprint density at radius 1 is 1.10 bits per heavy atom. The molecular weight excluding hydrogens is 277 g/mol. The van der Waals surface area contributed by atoms with Crippen molar-refractivity contribution in [2.45, 2.75) is 18.2 Å². The van der Waals surface area contributed by atoms with Crippen molar-refractivity contribution in [2.24, 2.45) is 5.14 Å². The van der Waals surface area contributed by atoms with Gasteiger partial charge in [0.05, 0.1) is 7.11 Å². The molecule has 106 valence electrons. The smallest absolute Gasteiger partial charge is 0.169 e. The molecule has 0 amide bonds. The normalized spacial score (nSPS) is 10.4. The van der Waals surface area contributed by atoms with Gasteiger partial charge >= 0.3 is 0 Å². The average Bonchev–Trinajstić information content (AvgIpc) is 2.49. The molecule has 0 radical (unpaired) electrons. The zero-order chi connectivity index (χ0) is 14.5. The molecular formula is C15H16FNO2S. The highest BCUT2D eigenvalue weighted by Gasteiger charge is 2.10. The molecule has 0 saturated carbocycles. The molecule has 2 aromatic carbocycles. The Kier molecular flexibility index (Phi) is 4.87. The lowest BCUT2D eigenvalue weighted by Crippen LogP contribution is -1.94. The molecule has 2 N–H and O–H groups in total. The number of nitrogens with two attached hydrogens (primary N) is 1. The first-order chi connectivity index (χ1) is 9.67. The van der Waals surface area contributed by atoms with E-state index in [9.17, 15) is 4.39 Å². The molecule has 0 fully saturated rings. The summed E-state index contributed by atoms with van der Waals surface area (Å²) in [5.41, 5.74) is 1.13. The molecule has 0 bridgehead atoms. The number of hydrogen-bond donors (Lipinski definition) is 1. The summed E-state index contributed by atoms with van der Waals surface area (Å²) in [6, 6.07) is 10.2. The van der Waals surface area contributed by atoms with E-state index >= 15 is 0 Å². The molecule has 2 aromatic rings. The van der Waals surface area contributed by atoms with Gasteiger partial charge in [0, 0.05) is 4.90 Å². The number of ether oxygens (including phenoxy) is 2. The van der Waals surface area contributed by atoms with Crippen molar-refractivity contribution < 1.29 is 13.9 Å². The van der Waals surface area contributed by atoms with Crippen LogP contribution in [-0.4, -0.2) is 7.11 Å². The second-order valence-corrected chi connectivity index (χ2v) is 4.86. The topological polar surface area (TPSA) is 44.5 Å². The van der Waals surface area contributed by atoms with E-state index in [-0.39, 0.29) is 5.75 Å². The van der Waals surface area contributed by atoms with Gasteiger partial charge in [-0.05, 0) is 54.3 Å². The molecule has 0 aliphatic carbocycles. The maximum absolute atomic E-state index is 13.9. The molecule has 0 aliphatic heterocycles. The first kappa shape index (κ1) is 14.7. The maximum atomic E-state index is 13.9. The van der Waals surface area contributed by atoms with Gasteiger partial charge in [-0.2, -0.15) is 0 Å². The summed E-state index contributed by atoms with van der Waals surface area (Å²) >= 11 is 0.990. The molecule has 0 spiro atoms. The zero-order valence-electron chi connectivity index (χ0n) is 11.4. The SMILES string of the molecule is CCc1ccc(Oc2ccc(SN)cc2F)c(OC)c1. The van der Waals surface area contributed by atoms with Crippen LogP contribution in [-0.2, 0) is 6.42 Å². The van der Waals surface area contributed by atoms with E-state index in [1.165, 1.54) is 6.07 Å². The second-order valence-electron chi connectivity index (χ2n) is 4.15. The van der Waals surface area contributed by atoms with E-state index < -0.39 is 5.82 Å². The third-order valence-electron chi connectivity index (χ3n) is 2.90. The lowest BCUT2D eigenvalue weighted by molar-refractivity contribution is 0.370. The Morgan fingerprint density at radius 2 is 1.85 bits per heavy atom. The van der Waals surface area contributed by atoms with Crippen LogP contribution < -0.4 is 14.6 Å². The summed E-state index contributed by atoms with van der Waals surface area (Å²) in [5, 5.41) is 5.39. The molecule has 0 aliphatic rings. The van der Waals surface area contributed by atoms with Crippen LogP contribution >= 0.6 is 11.9 Å². The summed E-state index contributed by atoms with van der Waals surface area (Å²) in [6.45, 7) is 2.05. The Balaban J connectivity index is 2.29. The second kappa shape index (κ2) is 6.63. The van der Waals surface area contributed by atoms with Crippen molar-refractivity contribution in [2.75, 3.05) is 7.11 Å². The Labute approximate surface area is 122 Å². The minimum atomic E-state index is -0.456. The van der Waals surface area contributed by atoms with E-state index in [4.69, 9.17) is 14.6 Å². The number of benzene rings is 2. The van der Waals surface area contributed by atoms with Crippen molar-refractivity contribution in [3.05, 3.63) is 47.8 Å². The lowest BCUT2D eigenvalue weighted by atomic mass is 10.1. The van der Waals surface area contributed by atoms with Gasteiger partial charge < -0.3 is 9.47 Å². The number of halogens is 1. The molecule has 0 heterocycles. The summed E-state index contributed by atoms with van der Waals surface area (Å²) in [6.07, 6.45) is 0.896. The Hall–Kier alpha value is -1.72. The van der Waals surface area contributed by atoms with E-state index in [1.807, 2.05) is 12.1 Å². The van der Waals surface area contributed by atoms with Crippen LogP contribution in [0.4, 0.5) is 4.39 Å². The molecule has 0 atom stereocenters. The van der Waals surface area contributed by atoms with Crippen LogP contribution in [0, 0.1) is 5.82 Å². The first-order valence-electron chi connectivity index (χ1n) is 6.19. The van der Waals surface area contributed by atoms with Crippen molar-refractivity contribution >= 4 is 11.9 Å². The Bertz CT molecular complexity index is 604. The van der Waals surface area contributed by atoms with Crippen LogP contribution in [0.1, 0.15) is 12.5 Å². The van der Waals surface area contributed by atoms with E-state index in [0.29, 0.717) is 16.4 Å². The summed E-state index contributed by atoms with van der Waals surface area (Å²) in [4.78, 5) is 0.642. The minimum absolute atomic E-state index is 0.144. The Morgan fingerprint density at radius 3 is 2.45 bits per heavy atom. The van der Waals surface area contributed by atoms with Gasteiger partial charge in [0.15, 0.2) is 23.1 Å². The van der Waals surface area contributed by atoms with Gasteiger partial charge in [0.2, 0.25) is 0 Å². The third-order valence-corrected chi connectivity index (χ3v) is 3.42. The third kappa shape index (κ3) is 3.23. The number of methoxy groups -OCH3 is 1. The number of aryl methyl sites for hydroxylation is 1. The lowest BCUT2D eigenvalue weighted by Gasteiger charge is -2.12. The fraction of sp³-hybridized carbons (Fsp3) is 0.200. The largest absolute Gasteiger partial charge is 0.493 e. The van der Waals surface area contributed by atoms with Crippen molar-refractivity contribution in [1.29, 1.82) is 0 Å². The molecule has 0 unspecified atom stereocenters. The summed E-state index contributed by atoms with van der Waals surface area (Å²) < 4.78 is 24.7. The maximum Gasteiger partial charge on any atom is 0.169 e. The molecule has 2 rings (SSSR count). The number of hydrogen-bond acceptors (Lipinski definition) is 4. The van der Waals surface area contributed by atoms with Gasteiger partial charge in [0.25, 0.3) is 0 Å². The fourth-order valence-electron chi connectivity index (χ4n) is 1.77. The minimum Gasteiger partial charge on any atom is -0.493 e. The predicted molar refractivity (Wildman–Crippen MR) is 78.9 cm³/mol. The molecule has 0 aromatic heterocycles. The van der Waals surface area contributed by atoms with E-state index in [1.54, 1.807) is 25.3 Å². The molecule has 20 heavy (non-hydrogen) atoms. The molecule has 0 saturated heterocycles. The van der Waals surface area contributed by atoms with Gasteiger partial charge in [-0.3, -0.25) is 5.14 Å². The van der Waals surface area contributed by atoms with Gasteiger partial charge in [-0.1, -0.05) is 13.0 Å². The van der Waals surface area contributed by atoms with Crippen molar-refractivity contribution in [3.63, 3.8) is 0 Å². The fourth-order valence-corrected chi connectivity index (χ4v) is 2.09. The van der Waals surface area contributed by atoms with Gasteiger partial charge in [-0.15, -0.1) is 0 Å². The van der Waals surface area contributed by atoms with Crippen LogP contribution in [0.2, 0.25) is 0 Å². The average molecular weight is 293 g/mol. The number of rotatable bonds is 5. The highest BCUT2D eigenvalue weighted by Crippen LogP contribution is 2.34. The monoisotopic (exact) mass is 293 g/mol. The van der Waals surface area contributed by atoms with E-state index in [0.717, 1.165) is 23.9 Å². The highest BCUT2D eigenvalue weighted by atomic mass is 32.2. The highest BCUT2D eigenvalue weighted by molar-refractivity contribution is 7.97. The first-order valence-corrected chi connectivity index (χ1v) is 7.07. The van der Waals surface area contributed by atoms with E-state index in [2.05, 4.69) is 6.92 Å². The van der Waals surface area contributed by atoms with Crippen LogP contribution in [0.3, 0.4) is 0 Å². The standard InChI is InChI=1S/C15H16FNO2S/c1-3-10-4-6-14(15(8-10)18-2)19-13-7-5-11(20-17)9-12(13)16/h4-9H,3,17H2,1-2H3. The van der Waals surface area contributed by atoms with Crippen LogP contribution in [0.5, 0.6) is 17.2 Å². The summed E-state index contributed by atoms with van der Waals surface area (Å²) in [5.74, 6) is 0.755. The predicted octanol–water partition coefficient (Wildman–Crippen LogP) is 4.15. The van der Waals surface area contributed by atoms with Crippen LogP contribution in [0.25, 0.3) is 0 Å².